The van der Waals surface area contributed by atoms with E-state index >= 15 is 0 Å². The van der Waals surface area contributed by atoms with Gasteiger partial charge < -0.3 is 10.2 Å². The number of nitrogens with one attached hydrogen (secondary N) is 1. The first kappa shape index (κ1) is 13.9. The Kier molecular flexibility index (Phi) is 4.83. The lowest BCUT2D eigenvalue weighted by molar-refractivity contribution is 0.0938. The fourth-order valence-electron chi connectivity index (χ4n) is 2.75. The van der Waals surface area contributed by atoms with Crippen molar-refractivity contribution in [2.24, 2.45) is 0 Å². The van der Waals surface area contributed by atoms with E-state index in [2.05, 4.69) is 24.1 Å². The molecule has 1 aliphatic rings. The SMILES string of the molecule is CCN(CC)c1ccc(C(=O)NC2CCCC2)cc1. The van der Waals surface area contributed by atoms with Crippen LogP contribution in [0.4, 0.5) is 5.69 Å². The number of rotatable bonds is 5. The van der Waals surface area contributed by atoms with Crippen LogP contribution >= 0.6 is 0 Å². The Balaban J connectivity index is 1.98. The zero-order chi connectivity index (χ0) is 13.7. The number of hydrogen-bond donors (Lipinski definition) is 1. The van der Waals surface area contributed by atoms with Crippen molar-refractivity contribution in [3.8, 4) is 0 Å². The Morgan fingerprint density at radius 3 is 2.26 bits per heavy atom. The molecule has 0 aromatic heterocycles. The lowest BCUT2D eigenvalue weighted by Crippen LogP contribution is -2.32. The van der Waals surface area contributed by atoms with Gasteiger partial charge in [-0.3, -0.25) is 4.79 Å². The molecule has 1 fully saturated rings. The van der Waals surface area contributed by atoms with Crippen molar-refractivity contribution < 1.29 is 4.79 Å². The standard InChI is InChI=1S/C16H24N2O/c1-3-18(4-2)15-11-9-13(10-12-15)16(19)17-14-7-5-6-8-14/h9-12,14H,3-8H2,1-2H3,(H,17,19). The predicted octanol–water partition coefficient (Wildman–Crippen LogP) is 3.21. The van der Waals surface area contributed by atoms with Crippen molar-refractivity contribution in [2.75, 3.05) is 18.0 Å². The number of carbonyl (C=O) groups excluding carboxylic acids is 1. The fraction of sp³-hybridized carbons (Fsp3) is 0.562. The summed E-state index contributed by atoms with van der Waals surface area (Å²) in [7, 11) is 0. The van der Waals surface area contributed by atoms with Crippen molar-refractivity contribution in [1.29, 1.82) is 0 Å². The van der Waals surface area contributed by atoms with Crippen LogP contribution in [-0.2, 0) is 0 Å². The number of hydrogen-bond acceptors (Lipinski definition) is 2. The van der Waals surface area contributed by atoms with Crippen LogP contribution < -0.4 is 10.2 Å². The molecule has 0 bridgehead atoms. The molecule has 1 N–H and O–H groups in total. The highest BCUT2D eigenvalue weighted by Gasteiger charge is 2.17. The van der Waals surface area contributed by atoms with Gasteiger partial charge in [-0.2, -0.15) is 0 Å². The molecule has 0 saturated heterocycles. The topological polar surface area (TPSA) is 32.3 Å². The number of amides is 1. The Morgan fingerprint density at radius 1 is 1.16 bits per heavy atom. The lowest BCUT2D eigenvalue weighted by Gasteiger charge is -2.21. The summed E-state index contributed by atoms with van der Waals surface area (Å²) in [5, 5.41) is 3.12. The van der Waals surface area contributed by atoms with E-state index in [9.17, 15) is 4.79 Å². The first-order valence-corrected chi connectivity index (χ1v) is 7.40. The molecular formula is C16H24N2O. The van der Waals surface area contributed by atoms with Gasteiger partial charge in [-0.25, -0.2) is 0 Å². The van der Waals surface area contributed by atoms with Crippen molar-refractivity contribution in [3.05, 3.63) is 29.8 Å². The molecule has 0 unspecified atom stereocenters. The molecule has 19 heavy (non-hydrogen) atoms. The van der Waals surface area contributed by atoms with Crippen molar-refractivity contribution in [3.63, 3.8) is 0 Å². The number of carbonyl (C=O) groups is 1. The summed E-state index contributed by atoms with van der Waals surface area (Å²) in [6, 6.07) is 8.32. The maximum atomic E-state index is 12.1. The molecule has 0 atom stereocenters. The van der Waals surface area contributed by atoms with Gasteiger partial charge in [0, 0.05) is 30.4 Å². The Hall–Kier alpha value is -1.51. The molecule has 1 aliphatic carbocycles. The maximum absolute atomic E-state index is 12.1. The van der Waals surface area contributed by atoms with E-state index in [4.69, 9.17) is 0 Å². The minimum absolute atomic E-state index is 0.0676. The number of benzene rings is 1. The van der Waals surface area contributed by atoms with Crippen molar-refractivity contribution >= 4 is 11.6 Å². The van der Waals surface area contributed by atoms with E-state index in [1.54, 1.807) is 0 Å². The van der Waals surface area contributed by atoms with Crippen LogP contribution in [0.15, 0.2) is 24.3 Å². The second-order valence-corrected chi connectivity index (χ2v) is 5.17. The van der Waals surface area contributed by atoms with Crippen LogP contribution in [0.1, 0.15) is 49.9 Å². The Morgan fingerprint density at radius 2 is 1.74 bits per heavy atom. The van der Waals surface area contributed by atoms with E-state index in [-0.39, 0.29) is 5.91 Å². The summed E-state index contributed by atoms with van der Waals surface area (Å²) in [4.78, 5) is 14.4. The molecule has 3 nitrogen and oxygen atoms in total. The average molecular weight is 260 g/mol. The second kappa shape index (κ2) is 6.60. The van der Waals surface area contributed by atoms with Crippen LogP contribution in [0.5, 0.6) is 0 Å². The van der Waals surface area contributed by atoms with Gasteiger partial charge in [-0.1, -0.05) is 12.8 Å². The van der Waals surface area contributed by atoms with Crippen LogP contribution in [0.25, 0.3) is 0 Å². The quantitative estimate of drug-likeness (QED) is 0.881. The smallest absolute Gasteiger partial charge is 0.251 e. The van der Waals surface area contributed by atoms with Crippen LogP contribution in [0.3, 0.4) is 0 Å². The molecule has 104 valence electrons. The van der Waals surface area contributed by atoms with Gasteiger partial charge in [0.25, 0.3) is 5.91 Å². The molecule has 1 saturated carbocycles. The summed E-state index contributed by atoms with van der Waals surface area (Å²) in [5.74, 6) is 0.0676. The highest BCUT2D eigenvalue weighted by atomic mass is 16.1. The summed E-state index contributed by atoms with van der Waals surface area (Å²) >= 11 is 0. The number of nitrogens with zero attached hydrogens (tertiary/aromatic N) is 1. The molecule has 0 aliphatic heterocycles. The monoisotopic (exact) mass is 260 g/mol. The molecule has 1 aromatic rings. The van der Waals surface area contributed by atoms with E-state index in [0.717, 1.165) is 31.5 Å². The zero-order valence-corrected chi connectivity index (χ0v) is 12.0. The highest BCUT2D eigenvalue weighted by Crippen LogP contribution is 2.19. The third kappa shape index (κ3) is 3.49. The largest absolute Gasteiger partial charge is 0.372 e. The van der Waals surface area contributed by atoms with Gasteiger partial charge in [0.1, 0.15) is 0 Å². The highest BCUT2D eigenvalue weighted by molar-refractivity contribution is 5.94. The molecule has 0 radical (unpaired) electrons. The van der Waals surface area contributed by atoms with Crippen molar-refractivity contribution in [2.45, 2.75) is 45.6 Å². The lowest BCUT2D eigenvalue weighted by atomic mass is 10.1. The third-order valence-electron chi connectivity index (χ3n) is 3.95. The van der Waals surface area contributed by atoms with E-state index in [0.29, 0.717) is 6.04 Å². The van der Waals surface area contributed by atoms with Gasteiger partial charge in [0.15, 0.2) is 0 Å². The van der Waals surface area contributed by atoms with Gasteiger partial charge in [0.05, 0.1) is 0 Å². The third-order valence-corrected chi connectivity index (χ3v) is 3.95. The van der Waals surface area contributed by atoms with Crippen LogP contribution in [0.2, 0.25) is 0 Å². The van der Waals surface area contributed by atoms with Crippen LogP contribution in [-0.4, -0.2) is 25.0 Å². The predicted molar refractivity (Wildman–Crippen MR) is 79.7 cm³/mol. The molecule has 2 rings (SSSR count). The summed E-state index contributed by atoms with van der Waals surface area (Å²) in [5.41, 5.74) is 1.95. The Bertz CT molecular complexity index is 403. The van der Waals surface area contributed by atoms with E-state index in [1.807, 2.05) is 24.3 Å². The van der Waals surface area contributed by atoms with Crippen LogP contribution in [0, 0.1) is 0 Å². The van der Waals surface area contributed by atoms with Gasteiger partial charge in [0.2, 0.25) is 0 Å². The summed E-state index contributed by atoms with van der Waals surface area (Å²) < 4.78 is 0. The maximum Gasteiger partial charge on any atom is 0.251 e. The van der Waals surface area contributed by atoms with Gasteiger partial charge in [-0.05, 0) is 51.0 Å². The molecular weight excluding hydrogens is 236 g/mol. The van der Waals surface area contributed by atoms with Gasteiger partial charge >= 0.3 is 0 Å². The first-order valence-electron chi connectivity index (χ1n) is 7.40. The van der Waals surface area contributed by atoms with Gasteiger partial charge in [-0.15, -0.1) is 0 Å². The van der Waals surface area contributed by atoms with E-state index in [1.165, 1.54) is 18.5 Å². The molecule has 0 spiro atoms. The molecule has 0 heterocycles. The molecule has 3 heteroatoms. The number of anilines is 1. The Labute approximate surface area is 116 Å². The van der Waals surface area contributed by atoms with Crippen molar-refractivity contribution in [1.82, 2.24) is 5.32 Å². The molecule has 1 amide bonds. The molecule has 1 aromatic carbocycles. The minimum atomic E-state index is 0.0676. The summed E-state index contributed by atoms with van der Waals surface area (Å²) in [6.07, 6.45) is 4.74. The fourth-order valence-corrected chi connectivity index (χ4v) is 2.75. The summed E-state index contributed by atoms with van der Waals surface area (Å²) in [6.45, 7) is 6.27. The van der Waals surface area contributed by atoms with E-state index < -0.39 is 0 Å². The zero-order valence-electron chi connectivity index (χ0n) is 12.0. The first-order chi connectivity index (χ1) is 9.24. The minimum Gasteiger partial charge on any atom is -0.372 e. The second-order valence-electron chi connectivity index (χ2n) is 5.17. The normalized spacial score (nSPS) is 15.5. The average Bonchev–Trinajstić information content (AvgIpc) is 2.94.